The fraction of sp³-hybridized carbons (Fsp3) is 0.250. The van der Waals surface area contributed by atoms with Crippen molar-refractivity contribution in [2.24, 2.45) is 0 Å². The molecule has 1 heterocycles. The monoisotopic (exact) mass is 333 g/mol. The topological polar surface area (TPSA) is 62.7 Å². The van der Waals surface area contributed by atoms with Crippen LogP contribution in [0.15, 0.2) is 36.5 Å². The van der Waals surface area contributed by atoms with E-state index in [2.05, 4.69) is 90.8 Å². The summed E-state index contributed by atoms with van der Waals surface area (Å²) in [5.41, 5.74) is 7.98. The third-order valence-electron chi connectivity index (χ3n) is 3.97. The average Bonchev–Trinajstić information content (AvgIpc) is 2.50. The molecule has 0 bridgehead atoms. The molecule has 1 aromatic heterocycles. The number of nitrogens with zero attached hydrogens (tertiary/aromatic N) is 3. The van der Waals surface area contributed by atoms with E-state index in [1.807, 2.05) is 0 Å². The highest BCUT2D eigenvalue weighted by atomic mass is 15.3. The van der Waals surface area contributed by atoms with Crippen LogP contribution in [-0.4, -0.2) is 15.2 Å². The van der Waals surface area contributed by atoms with Gasteiger partial charge in [0.15, 0.2) is 5.82 Å². The summed E-state index contributed by atoms with van der Waals surface area (Å²) >= 11 is 0. The number of aromatic nitrogens is 3. The van der Waals surface area contributed by atoms with Crippen LogP contribution < -0.4 is 10.6 Å². The van der Waals surface area contributed by atoms with Gasteiger partial charge in [0.1, 0.15) is 0 Å². The molecule has 0 saturated heterocycles. The molecule has 0 saturated carbocycles. The summed E-state index contributed by atoms with van der Waals surface area (Å²) in [5.74, 6) is 1.13. The highest BCUT2D eigenvalue weighted by molar-refractivity contribution is 5.65. The van der Waals surface area contributed by atoms with E-state index in [0.717, 1.165) is 22.5 Å². The Morgan fingerprint density at radius 3 is 1.96 bits per heavy atom. The van der Waals surface area contributed by atoms with Crippen LogP contribution in [0.1, 0.15) is 27.8 Å². The van der Waals surface area contributed by atoms with Crippen LogP contribution in [0.4, 0.5) is 23.1 Å². The maximum atomic E-state index is 4.53. The van der Waals surface area contributed by atoms with Gasteiger partial charge in [-0.3, -0.25) is 0 Å². The first-order valence-corrected chi connectivity index (χ1v) is 8.30. The second-order valence-corrected chi connectivity index (χ2v) is 6.57. The fourth-order valence-corrected chi connectivity index (χ4v) is 3.10. The lowest BCUT2D eigenvalue weighted by molar-refractivity contribution is 0.980. The van der Waals surface area contributed by atoms with Gasteiger partial charge in [-0.1, -0.05) is 23.8 Å². The van der Waals surface area contributed by atoms with E-state index in [4.69, 9.17) is 0 Å². The minimum absolute atomic E-state index is 0.476. The first-order chi connectivity index (χ1) is 11.9. The normalized spacial score (nSPS) is 10.6. The zero-order valence-electron chi connectivity index (χ0n) is 15.3. The summed E-state index contributed by atoms with van der Waals surface area (Å²) in [6.07, 6.45) is 1.62. The van der Waals surface area contributed by atoms with Gasteiger partial charge in [0.05, 0.1) is 6.20 Å². The van der Waals surface area contributed by atoms with Crippen molar-refractivity contribution in [3.8, 4) is 0 Å². The van der Waals surface area contributed by atoms with Crippen LogP contribution in [0, 0.1) is 34.6 Å². The van der Waals surface area contributed by atoms with E-state index >= 15 is 0 Å². The number of benzene rings is 2. The Bertz CT molecular complexity index is 874. The van der Waals surface area contributed by atoms with Crippen molar-refractivity contribution in [3.63, 3.8) is 0 Å². The van der Waals surface area contributed by atoms with E-state index in [9.17, 15) is 0 Å². The van der Waals surface area contributed by atoms with Crippen molar-refractivity contribution in [1.82, 2.24) is 15.2 Å². The molecular weight excluding hydrogens is 310 g/mol. The van der Waals surface area contributed by atoms with Gasteiger partial charge in [-0.15, -0.1) is 5.10 Å². The predicted octanol–water partition coefficient (Wildman–Crippen LogP) is 4.90. The predicted molar refractivity (Wildman–Crippen MR) is 103 cm³/mol. The largest absolute Gasteiger partial charge is 0.339 e. The summed E-state index contributed by atoms with van der Waals surface area (Å²) in [7, 11) is 0. The van der Waals surface area contributed by atoms with Crippen LogP contribution in [0.25, 0.3) is 0 Å². The van der Waals surface area contributed by atoms with Crippen molar-refractivity contribution in [3.05, 3.63) is 64.3 Å². The lowest BCUT2D eigenvalue weighted by Gasteiger charge is -2.13. The van der Waals surface area contributed by atoms with Crippen LogP contribution in [0.3, 0.4) is 0 Å². The molecule has 0 aliphatic heterocycles. The number of rotatable bonds is 4. The van der Waals surface area contributed by atoms with Gasteiger partial charge in [0.25, 0.3) is 0 Å². The van der Waals surface area contributed by atoms with E-state index in [1.165, 1.54) is 16.7 Å². The van der Waals surface area contributed by atoms with Gasteiger partial charge in [0.2, 0.25) is 5.95 Å². The Hall–Kier alpha value is -2.95. The molecule has 3 aromatic rings. The molecule has 5 heteroatoms. The zero-order valence-corrected chi connectivity index (χ0v) is 15.3. The maximum absolute atomic E-state index is 4.53. The average molecular weight is 333 g/mol. The van der Waals surface area contributed by atoms with Crippen molar-refractivity contribution in [1.29, 1.82) is 0 Å². The molecular formula is C20H23N5. The molecule has 0 aliphatic rings. The third kappa shape index (κ3) is 4.12. The fourth-order valence-electron chi connectivity index (χ4n) is 3.10. The van der Waals surface area contributed by atoms with Crippen LogP contribution in [-0.2, 0) is 0 Å². The van der Waals surface area contributed by atoms with Crippen LogP contribution in [0.2, 0.25) is 0 Å². The first kappa shape index (κ1) is 16.9. The first-order valence-electron chi connectivity index (χ1n) is 8.30. The third-order valence-corrected chi connectivity index (χ3v) is 3.97. The number of nitrogens with one attached hydrogen (secondary N) is 2. The van der Waals surface area contributed by atoms with Gasteiger partial charge in [0, 0.05) is 11.4 Å². The van der Waals surface area contributed by atoms with Crippen LogP contribution in [0.5, 0.6) is 0 Å². The molecule has 0 amide bonds. The Morgan fingerprint density at radius 2 is 1.32 bits per heavy atom. The molecule has 3 rings (SSSR count). The summed E-state index contributed by atoms with van der Waals surface area (Å²) in [5, 5.41) is 14.8. The minimum atomic E-state index is 0.476. The van der Waals surface area contributed by atoms with Crippen molar-refractivity contribution in [2.45, 2.75) is 34.6 Å². The van der Waals surface area contributed by atoms with Gasteiger partial charge in [-0.25, -0.2) is 0 Å². The minimum Gasteiger partial charge on any atom is -0.339 e. The quantitative estimate of drug-likeness (QED) is 0.711. The maximum Gasteiger partial charge on any atom is 0.249 e. The summed E-state index contributed by atoms with van der Waals surface area (Å²) in [6.45, 7) is 10.4. The second kappa shape index (κ2) is 6.89. The molecule has 2 aromatic carbocycles. The number of anilines is 4. The Balaban J connectivity index is 1.85. The van der Waals surface area contributed by atoms with Gasteiger partial charge in [-0.2, -0.15) is 10.1 Å². The van der Waals surface area contributed by atoms with Crippen LogP contribution >= 0.6 is 0 Å². The standard InChI is InChI=1S/C20H23N5/c1-12-6-13(2)10-17(9-12)22-18-11-21-25-20(23-18)24-19-15(4)7-14(3)8-16(19)5/h6-11H,1-5H3,(H2,22,23,24,25). The highest BCUT2D eigenvalue weighted by Gasteiger charge is 2.07. The van der Waals surface area contributed by atoms with E-state index in [-0.39, 0.29) is 0 Å². The smallest absolute Gasteiger partial charge is 0.249 e. The van der Waals surface area contributed by atoms with Crippen molar-refractivity contribution in [2.75, 3.05) is 10.6 Å². The molecule has 0 unspecified atom stereocenters. The lowest BCUT2D eigenvalue weighted by Crippen LogP contribution is -2.04. The molecule has 0 spiro atoms. The molecule has 2 N–H and O–H groups in total. The zero-order chi connectivity index (χ0) is 18.0. The second-order valence-electron chi connectivity index (χ2n) is 6.57. The molecule has 0 atom stereocenters. The van der Waals surface area contributed by atoms with Crippen molar-refractivity contribution >= 4 is 23.1 Å². The number of aryl methyl sites for hydroxylation is 5. The Morgan fingerprint density at radius 1 is 0.720 bits per heavy atom. The van der Waals surface area contributed by atoms with Gasteiger partial charge >= 0.3 is 0 Å². The molecule has 128 valence electrons. The lowest BCUT2D eigenvalue weighted by atomic mass is 10.1. The van der Waals surface area contributed by atoms with Crippen molar-refractivity contribution < 1.29 is 0 Å². The molecule has 0 aliphatic carbocycles. The Kier molecular flexibility index (Phi) is 4.65. The van der Waals surface area contributed by atoms with Gasteiger partial charge < -0.3 is 10.6 Å². The molecule has 5 nitrogen and oxygen atoms in total. The van der Waals surface area contributed by atoms with Gasteiger partial charge in [-0.05, 0) is 69.0 Å². The van der Waals surface area contributed by atoms with E-state index in [0.29, 0.717) is 11.8 Å². The highest BCUT2D eigenvalue weighted by Crippen LogP contribution is 2.25. The van der Waals surface area contributed by atoms with E-state index in [1.54, 1.807) is 6.20 Å². The summed E-state index contributed by atoms with van der Waals surface area (Å²) in [6, 6.07) is 10.6. The Labute approximate surface area is 148 Å². The summed E-state index contributed by atoms with van der Waals surface area (Å²) in [4.78, 5) is 4.53. The SMILES string of the molecule is Cc1cc(C)cc(Nc2cnnc(Nc3c(C)cc(C)cc3C)n2)c1. The number of hydrogen-bond acceptors (Lipinski definition) is 5. The molecule has 0 radical (unpaired) electrons. The molecule has 0 fully saturated rings. The summed E-state index contributed by atoms with van der Waals surface area (Å²) < 4.78 is 0. The van der Waals surface area contributed by atoms with E-state index < -0.39 is 0 Å². The molecule has 25 heavy (non-hydrogen) atoms. The number of hydrogen-bond donors (Lipinski definition) is 2.